The van der Waals surface area contributed by atoms with Crippen LogP contribution in [0.2, 0.25) is 0 Å². The summed E-state index contributed by atoms with van der Waals surface area (Å²) in [5, 5.41) is 9.73. The number of aromatic nitrogens is 3. The normalized spacial score (nSPS) is 21.3. The predicted molar refractivity (Wildman–Crippen MR) is 80.2 cm³/mol. The van der Waals surface area contributed by atoms with E-state index in [0.717, 1.165) is 19.4 Å². The van der Waals surface area contributed by atoms with Crippen molar-refractivity contribution in [1.82, 2.24) is 20.1 Å². The highest BCUT2D eigenvalue weighted by Gasteiger charge is 2.28. The van der Waals surface area contributed by atoms with Gasteiger partial charge in [0.2, 0.25) is 5.95 Å². The largest absolute Gasteiger partial charge is 0.376 e. The van der Waals surface area contributed by atoms with Gasteiger partial charge in [0, 0.05) is 13.2 Å². The van der Waals surface area contributed by atoms with E-state index in [1.54, 1.807) is 4.68 Å². The molecule has 21 heavy (non-hydrogen) atoms. The van der Waals surface area contributed by atoms with Crippen LogP contribution in [0.3, 0.4) is 0 Å². The van der Waals surface area contributed by atoms with Crippen molar-refractivity contribution in [2.75, 3.05) is 18.5 Å². The Morgan fingerprint density at radius 2 is 2.33 bits per heavy atom. The molecule has 2 rings (SSSR count). The number of nitrogens with zero attached hydrogens (tertiary/aromatic N) is 3. The fourth-order valence-corrected chi connectivity index (χ4v) is 2.63. The Hall–Kier alpha value is -1.63. The summed E-state index contributed by atoms with van der Waals surface area (Å²) < 4.78 is 7.36. The number of urea groups is 1. The van der Waals surface area contributed by atoms with E-state index in [9.17, 15) is 4.79 Å². The fraction of sp³-hybridized carbons (Fsp3) is 0.786. The highest BCUT2D eigenvalue weighted by atomic mass is 16.5. The van der Waals surface area contributed by atoms with Gasteiger partial charge in [-0.3, -0.25) is 5.32 Å². The van der Waals surface area contributed by atoms with E-state index in [1.807, 2.05) is 13.8 Å². The summed E-state index contributed by atoms with van der Waals surface area (Å²) >= 11 is 0. The molecule has 2 heterocycles. The topological polar surface area (TPSA) is 81.1 Å². The van der Waals surface area contributed by atoms with Gasteiger partial charge in [-0.1, -0.05) is 0 Å². The Morgan fingerprint density at radius 1 is 1.57 bits per heavy atom. The molecule has 1 atom stereocenters. The Morgan fingerprint density at radius 3 is 3.00 bits per heavy atom. The molecule has 1 saturated heterocycles. The minimum atomic E-state index is -0.241. The molecular weight excluding hydrogens is 270 g/mol. The number of carbonyl (C=O) groups is 1. The molecule has 1 aromatic heterocycles. The monoisotopic (exact) mass is 295 g/mol. The highest BCUT2D eigenvalue weighted by molar-refractivity contribution is 5.87. The Balaban J connectivity index is 1.81. The third kappa shape index (κ3) is 4.42. The minimum Gasteiger partial charge on any atom is -0.376 e. The van der Waals surface area contributed by atoms with Gasteiger partial charge in [0.25, 0.3) is 0 Å². The maximum Gasteiger partial charge on any atom is 0.321 e. The molecule has 0 bridgehead atoms. The van der Waals surface area contributed by atoms with E-state index in [-0.39, 0.29) is 17.7 Å². The number of nitrogens with one attached hydrogen (secondary N) is 2. The van der Waals surface area contributed by atoms with Crippen LogP contribution in [0.15, 0.2) is 6.33 Å². The van der Waals surface area contributed by atoms with Crippen molar-refractivity contribution < 1.29 is 9.53 Å². The Labute approximate surface area is 125 Å². The zero-order valence-electron chi connectivity index (χ0n) is 13.2. The van der Waals surface area contributed by atoms with Crippen LogP contribution < -0.4 is 10.6 Å². The van der Waals surface area contributed by atoms with Gasteiger partial charge in [-0.2, -0.15) is 10.1 Å². The molecule has 0 aliphatic carbocycles. The van der Waals surface area contributed by atoms with Crippen LogP contribution in [0.25, 0.3) is 0 Å². The standard InChI is InChI=1S/C14H25N5O2/c1-10(2)19-12(16-9-17-19)18-13(20)15-8-11-5-6-21-14(3,4)7-11/h9-11H,5-8H2,1-4H3,(H2,15,16,17,18,20). The van der Waals surface area contributed by atoms with Crippen LogP contribution in [0.1, 0.15) is 46.6 Å². The van der Waals surface area contributed by atoms with Crippen LogP contribution in [0.4, 0.5) is 10.7 Å². The van der Waals surface area contributed by atoms with Crippen molar-refractivity contribution in [3.63, 3.8) is 0 Å². The molecule has 1 aliphatic rings. The van der Waals surface area contributed by atoms with Crippen LogP contribution >= 0.6 is 0 Å². The first-order valence-corrected chi connectivity index (χ1v) is 7.46. The molecule has 0 aromatic carbocycles. The molecule has 1 unspecified atom stereocenters. The van der Waals surface area contributed by atoms with E-state index in [2.05, 4.69) is 34.6 Å². The molecular formula is C14H25N5O2. The van der Waals surface area contributed by atoms with Crippen LogP contribution in [0.5, 0.6) is 0 Å². The maximum atomic E-state index is 12.0. The molecule has 1 fully saturated rings. The third-order valence-corrected chi connectivity index (χ3v) is 3.64. The second kappa shape index (κ2) is 6.43. The van der Waals surface area contributed by atoms with Crippen molar-refractivity contribution in [3.8, 4) is 0 Å². The smallest absolute Gasteiger partial charge is 0.321 e. The van der Waals surface area contributed by atoms with Gasteiger partial charge in [0.1, 0.15) is 6.33 Å². The van der Waals surface area contributed by atoms with Gasteiger partial charge in [-0.25, -0.2) is 9.48 Å². The average Bonchev–Trinajstić information content (AvgIpc) is 2.83. The number of anilines is 1. The summed E-state index contributed by atoms with van der Waals surface area (Å²) in [4.78, 5) is 16.0. The van der Waals surface area contributed by atoms with Gasteiger partial charge in [-0.15, -0.1) is 0 Å². The van der Waals surface area contributed by atoms with Crippen LogP contribution in [-0.4, -0.2) is 39.5 Å². The Bertz CT molecular complexity index is 483. The predicted octanol–water partition coefficient (Wildman–Crippen LogP) is 2.19. The first-order chi connectivity index (χ1) is 9.87. The van der Waals surface area contributed by atoms with E-state index in [1.165, 1.54) is 6.33 Å². The SMILES string of the molecule is CC(C)n1ncnc1NC(=O)NCC1CCOC(C)(C)C1. The fourth-order valence-electron chi connectivity index (χ4n) is 2.63. The van der Waals surface area contributed by atoms with Crippen molar-refractivity contribution >= 4 is 12.0 Å². The summed E-state index contributed by atoms with van der Waals surface area (Å²) in [7, 11) is 0. The first-order valence-electron chi connectivity index (χ1n) is 7.46. The van der Waals surface area contributed by atoms with Crippen LogP contribution in [0, 0.1) is 5.92 Å². The second-order valence-electron chi connectivity index (χ2n) is 6.42. The number of ether oxygens (including phenoxy) is 1. The van der Waals surface area contributed by atoms with Crippen molar-refractivity contribution in [3.05, 3.63) is 6.33 Å². The molecule has 7 nitrogen and oxygen atoms in total. The summed E-state index contributed by atoms with van der Waals surface area (Å²) in [5.41, 5.74) is -0.0983. The van der Waals surface area contributed by atoms with Gasteiger partial charge in [0.05, 0.1) is 11.6 Å². The number of hydrogen-bond acceptors (Lipinski definition) is 4. The zero-order chi connectivity index (χ0) is 15.5. The summed E-state index contributed by atoms with van der Waals surface area (Å²) in [6, 6.07) is -0.0895. The number of carbonyl (C=O) groups excluding carboxylic acids is 1. The lowest BCUT2D eigenvalue weighted by atomic mass is 9.88. The van der Waals surface area contributed by atoms with Crippen molar-refractivity contribution in [2.45, 2.75) is 52.2 Å². The molecule has 118 valence electrons. The van der Waals surface area contributed by atoms with Gasteiger partial charge < -0.3 is 10.1 Å². The minimum absolute atomic E-state index is 0.0983. The lowest BCUT2D eigenvalue weighted by molar-refractivity contribution is -0.0713. The summed E-state index contributed by atoms with van der Waals surface area (Å²) in [6.45, 7) is 9.55. The van der Waals surface area contributed by atoms with Crippen molar-refractivity contribution in [2.24, 2.45) is 5.92 Å². The first kappa shape index (κ1) is 15.8. The third-order valence-electron chi connectivity index (χ3n) is 3.64. The van der Waals surface area contributed by atoms with Gasteiger partial charge in [-0.05, 0) is 46.5 Å². The number of rotatable bonds is 4. The second-order valence-corrected chi connectivity index (χ2v) is 6.42. The highest BCUT2D eigenvalue weighted by Crippen LogP contribution is 2.27. The molecule has 1 aliphatic heterocycles. The summed E-state index contributed by atoms with van der Waals surface area (Å²) in [5.74, 6) is 0.914. The molecule has 7 heteroatoms. The lowest BCUT2D eigenvalue weighted by Crippen LogP contribution is -2.40. The quantitative estimate of drug-likeness (QED) is 0.892. The molecule has 2 N–H and O–H groups in total. The van der Waals surface area contributed by atoms with Gasteiger partial charge >= 0.3 is 6.03 Å². The zero-order valence-corrected chi connectivity index (χ0v) is 13.2. The van der Waals surface area contributed by atoms with Crippen LogP contribution in [-0.2, 0) is 4.74 Å². The summed E-state index contributed by atoms with van der Waals surface area (Å²) in [6.07, 6.45) is 3.37. The van der Waals surface area contributed by atoms with Crippen molar-refractivity contribution in [1.29, 1.82) is 0 Å². The van der Waals surface area contributed by atoms with E-state index >= 15 is 0 Å². The van der Waals surface area contributed by atoms with E-state index in [4.69, 9.17) is 4.74 Å². The lowest BCUT2D eigenvalue weighted by Gasteiger charge is -2.35. The maximum absolute atomic E-state index is 12.0. The van der Waals surface area contributed by atoms with E-state index < -0.39 is 0 Å². The van der Waals surface area contributed by atoms with Gasteiger partial charge in [0.15, 0.2) is 0 Å². The van der Waals surface area contributed by atoms with E-state index in [0.29, 0.717) is 18.4 Å². The molecule has 0 spiro atoms. The Kier molecular flexibility index (Phi) is 4.82. The molecule has 1 aromatic rings. The molecule has 0 radical (unpaired) electrons. The average molecular weight is 295 g/mol. The molecule has 2 amide bonds. The molecule has 0 saturated carbocycles. The number of amides is 2. The number of hydrogen-bond donors (Lipinski definition) is 2.